The fourth-order valence-corrected chi connectivity index (χ4v) is 3.32. The van der Waals surface area contributed by atoms with Crippen LogP contribution in [0.3, 0.4) is 0 Å². The molecule has 0 aliphatic heterocycles. The van der Waals surface area contributed by atoms with Crippen molar-refractivity contribution in [1.82, 2.24) is 0 Å². The van der Waals surface area contributed by atoms with E-state index in [-0.39, 0.29) is 12.8 Å². The number of hydrogen-bond acceptors (Lipinski definition) is 4. The zero-order chi connectivity index (χ0) is 24.4. The molecule has 3 aromatic rings. The molecule has 0 bridgehead atoms. The van der Waals surface area contributed by atoms with Crippen LogP contribution in [0, 0.1) is 0 Å². The number of aliphatic carboxylic acids is 2. The molecule has 0 atom stereocenters. The molecule has 0 unspecified atom stereocenters. The van der Waals surface area contributed by atoms with Crippen LogP contribution in [0.25, 0.3) is 10.8 Å². The van der Waals surface area contributed by atoms with Crippen molar-refractivity contribution in [2.75, 3.05) is 13.2 Å². The van der Waals surface area contributed by atoms with Crippen molar-refractivity contribution in [3.05, 3.63) is 72.8 Å². The van der Waals surface area contributed by atoms with Gasteiger partial charge in [0.2, 0.25) is 0 Å². The number of para-hydroxylation sites is 1. The summed E-state index contributed by atoms with van der Waals surface area (Å²) < 4.78 is 11.2. The molecule has 6 heteroatoms. The van der Waals surface area contributed by atoms with Crippen LogP contribution < -0.4 is 9.47 Å². The second-order valence-electron chi connectivity index (χ2n) is 7.90. The number of unbranched alkanes of at least 4 members (excludes halogenated alkanes) is 4. The van der Waals surface area contributed by atoms with Gasteiger partial charge in [-0.25, -0.2) is 0 Å². The molecule has 34 heavy (non-hydrogen) atoms. The van der Waals surface area contributed by atoms with Crippen molar-refractivity contribution in [1.29, 1.82) is 0 Å². The largest absolute Gasteiger partial charge is 0.494 e. The number of carbonyl (C=O) groups is 2. The van der Waals surface area contributed by atoms with Crippen LogP contribution in [0.5, 0.6) is 11.5 Å². The first kappa shape index (κ1) is 26.7. The lowest BCUT2D eigenvalue weighted by atomic mass is 10.1. The maximum absolute atomic E-state index is 10.4. The summed E-state index contributed by atoms with van der Waals surface area (Å²) in [4.78, 5) is 20.6. The van der Waals surface area contributed by atoms with Crippen molar-refractivity contribution in [3.63, 3.8) is 0 Å². The Labute approximate surface area is 201 Å². The van der Waals surface area contributed by atoms with Crippen molar-refractivity contribution >= 4 is 22.7 Å². The molecule has 0 saturated carbocycles. The fraction of sp³-hybridized carbons (Fsp3) is 0.357. The Hall–Kier alpha value is -3.54. The van der Waals surface area contributed by atoms with E-state index in [4.69, 9.17) is 19.7 Å². The third-order valence-electron chi connectivity index (χ3n) is 5.09. The summed E-state index contributed by atoms with van der Waals surface area (Å²) >= 11 is 0. The Morgan fingerprint density at radius 3 is 1.79 bits per heavy atom. The SMILES string of the molecule is O=C(O)CCCCCOc1cccc2ccccc12.O=C(O)CCCCCOc1ccccc1. The Kier molecular flexibility index (Phi) is 12.7. The van der Waals surface area contributed by atoms with Gasteiger partial charge in [0.25, 0.3) is 0 Å². The van der Waals surface area contributed by atoms with Gasteiger partial charge in [-0.2, -0.15) is 0 Å². The predicted molar refractivity (Wildman–Crippen MR) is 134 cm³/mol. The second-order valence-corrected chi connectivity index (χ2v) is 7.90. The first-order valence-corrected chi connectivity index (χ1v) is 11.8. The Bertz CT molecular complexity index is 981. The van der Waals surface area contributed by atoms with Crippen LogP contribution in [-0.4, -0.2) is 35.4 Å². The molecule has 0 aliphatic rings. The fourth-order valence-electron chi connectivity index (χ4n) is 3.32. The van der Waals surface area contributed by atoms with E-state index in [1.54, 1.807) is 0 Å². The molecule has 0 saturated heterocycles. The van der Waals surface area contributed by atoms with E-state index in [0.717, 1.165) is 49.0 Å². The van der Waals surface area contributed by atoms with Crippen molar-refractivity contribution < 1.29 is 29.3 Å². The van der Waals surface area contributed by atoms with E-state index in [9.17, 15) is 9.59 Å². The molecule has 0 heterocycles. The zero-order valence-electron chi connectivity index (χ0n) is 19.5. The maximum Gasteiger partial charge on any atom is 0.303 e. The minimum absolute atomic E-state index is 0.244. The van der Waals surface area contributed by atoms with Gasteiger partial charge in [-0.05, 0) is 62.1 Å². The van der Waals surface area contributed by atoms with Gasteiger partial charge in [-0.1, -0.05) is 54.6 Å². The normalized spacial score (nSPS) is 10.2. The van der Waals surface area contributed by atoms with E-state index in [0.29, 0.717) is 19.6 Å². The Morgan fingerprint density at radius 2 is 1.15 bits per heavy atom. The molecule has 3 aromatic carbocycles. The standard InChI is InChI=1S/C16H18O3.C12H16O3/c17-16(18)11-2-1-5-12-19-15-10-6-8-13-7-3-4-9-14(13)15;13-12(14)9-5-2-6-10-15-11-7-3-1-4-8-11/h3-4,6-10H,1-2,5,11-12H2,(H,17,18);1,3-4,7-8H,2,5-6,9-10H2,(H,13,14). The summed E-state index contributed by atoms with van der Waals surface area (Å²) in [6.45, 7) is 1.29. The Morgan fingerprint density at radius 1 is 0.588 bits per heavy atom. The molecule has 0 fully saturated rings. The number of benzene rings is 3. The van der Waals surface area contributed by atoms with Crippen LogP contribution in [0.15, 0.2) is 72.8 Å². The summed E-state index contributed by atoms with van der Waals surface area (Å²) in [6.07, 6.45) is 5.52. The van der Waals surface area contributed by atoms with Gasteiger partial charge < -0.3 is 19.7 Å². The van der Waals surface area contributed by atoms with E-state index >= 15 is 0 Å². The lowest BCUT2D eigenvalue weighted by Crippen LogP contribution is -1.99. The third-order valence-corrected chi connectivity index (χ3v) is 5.09. The van der Waals surface area contributed by atoms with Crippen LogP contribution in [0.4, 0.5) is 0 Å². The first-order valence-electron chi connectivity index (χ1n) is 11.8. The molecule has 3 rings (SSSR count). The van der Waals surface area contributed by atoms with Crippen LogP contribution >= 0.6 is 0 Å². The average molecular weight is 467 g/mol. The molecular weight excluding hydrogens is 432 g/mol. The molecular formula is C28H34O6. The number of ether oxygens (including phenoxy) is 2. The highest BCUT2D eigenvalue weighted by Crippen LogP contribution is 2.25. The molecule has 0 aliphatic carbocycles. The van der Waals surface area contributed by atoms with Crippen molar-refractivity contribution in [2.24, 2.45) is 0 Å². The van der Waals surface area contributed by atoms with Crippen LogP contribution in [-0.2, 0) is 9.59 Å². The third kappa shape index (κ3) is 11.4. The predicted octanol–water partition coefficient (Wildman–Crippen LogP) is 6.57. The van der Waals surface area contributed by atoms with Gasteiger partial charge in [-0.15, -0.1) is 0 Å². The molecule has 182 valence electrons. The van der Waals surface area contributed by atoms with Crippen LogP contribution in [0.2, 0.25) is 0 Å². The number of rotatable bonds is 14. The number of fused-ring (bicyclic) bond motifs is 1. The highest BCUT2D eigenvalue weighted by molar-refractivity contribution is 5.88. The minimum atomic E-state index is -0.727. The van der Waals surface area contributed by atoms with Gasteiger partial charge in [0, 0.05) is 18.2 Å². The van der Waals surface area contributed by atoms with Gasteiger partial charge in [0.1, 0.15) is 11.5 Å². The molecule has 6 nitrogen and oxygen atoms in total. The number of carboxylic acid groups (broad SMARTS) is 2. The molecule has 0 radical (unpaired) electrons. The molecule has 0 aromatic heterocycles. The summed E-state index contributed by atoms with van der Waals surface area (Å²) in [5.74, 6) is 0.320. The summed E-state index contributed by atoms with van der Waals surface area (Å²) in [7, 11) is 0. The Balaban J connectivity index is 0.000000248. The smallest absolute Gasteiger partial charge is 0.303 e. The topological polar surface area (TPSA) is 93.1 Å². The quantitative estimate of drug-likeness (QED) is 0.261. The van der Waals surface area contributed by atoms with Gasteiger partial charge in [-0.3, -0.25) is 9.59 Å². The zero-order valence-corrected chi connectivity index (χ0v) is 19.5. The highest BCUT2D eigenvalue weighted by atomic mass is 16.5. The minimum Gasteiger partial charge on any atom is -0.494 e. The summed E-state index contributed by atoms with van der Waals surface area (Å²) in [6, 6.07) is 23.8. The van der Waals surface area contributed by atoms with Gasteiger partial charge >= 0.3 is 11.9 Å². The maximum atomic E-state index is 10.4. The number of hydrogen-bond donors (Lipinski definition) is 2. The van der Waals surface area contributed by atoms with Crippen molar-refractivity contribution in [2.45, 2.75) is 51.4 Å². The monoisotopic (exact) mass is 466 g/mol. The average Bonchev–Trinajstić information content (AvgIpc) is 2.84. The molecule has 2 N–H and O–H groups in total. The van der Waals surface area contributed by atoms with E-state index < -0.39 is 11.9 Å². The number of carboxylic acids is 2. The first-order chi connectivity index (χ1) is 16.6. The molecule has 0 amide bonds. The molecule has 0 spiro atoms. The van der Waals surface area contributed by atoms with E-state index in [2.05, 4.69) is 18.2 Å². The second kappa shape index (κ2) is 16.1. The van der Waals surface area contributed by atoms with E-state index in [1.165, 1.54) is 5.39 Å². The summed E-state index contributed by atoms with van der Waals surface area (Å²) in [5.41, 5.74) is 0. The van der Waals surface area contributed by atoms with Gasteiger partial charge in [0.15, 0.2) is 0 Å². The van der Waals surface area contributed by atoms with Crippen LogP contribution in [0.1, 0.15) is 51.4 Å². The van der Waals surface area contributed by atoms with Gasteiger partial charge in [0.05, 0.1) is 13.2 Å². The highest BCUT2D eigenvalue weighted by Gasteiger charge is 2.01. The summed E-state index contributed by atoms with van der Waals surface area (Å²) in [5, 5.41) is 19.2. The lowest BCUT2D eigenvalue weighted by Gasteiger charge is -2.09. The lowest BCUT2D eigenvalue weighted by molar-refractivity contribution is -0.138. The van der Waals surface area contributed by atoms with Crippen molar-refractivity contribution in [3.8, 4) is 11.5 Å². The van der Waals surface area contributed by atoms with E-state index in [1.807, 2.05) is 54.6 Å².